The molecule has 506 valence electrons. The summed E-state index contributed by atoms with van der Waals surface area (Å²) in [6, 6.07) is 28.6. The summed E-state index contributed by atoms with van der Waals surface area (Å²) in [5, 5.41) is 46.8. The maximum Gasteiger partial charge on any atom is 0.490 e. The van der Waals surface area contributed by atoms with Crippen LogP contribution in [0, 0.1) is 11.8 Å². The van der Waals surface area contributed by atoms with Crippen LogP contribution in [-0.4, -0.2) is 162 Å². The van der Waals surface area contributed by atoms with Crippen LogP contribution >= 0.6 is 23.5 Å². The zero-order valence-electron chi connectivity index (χ0n) is 51.6. The number of benzene rings is 5. The number of carboxylic acids is 1. The predicted molar refractivity (Wildman–Crippen MR) is 339 cm³/mol. The third kappa shape index (κ3) is 20.2. The van der Waals surface area contributed by atoms with Gasteiger partial charge in [-0.1, -0.05) is 37.0 Å². The van der Waals surface area contributed by atoms with Crippen LogP contribution < -0.4 is 41.5 Å². The number of amides is 2. The van der Waals surface area contributed by atoms with Gasteiger partial charge in [0.25, 0.3) is 11.5 Å². The van der Waals surface area contributed by atoms with Gasteiger partial charge < -0.3 is 78.5 Å². The van der Waals surface area contributed by atoms with Crippen LogP contribution in [0.15, 0.2) is 127 Å². The van der Waals surface area contributed by atoms with E-state index >= 15 is 0 Å². The summed E-state index contributed by atoms with van der Waals surface area (Å²) >= 11 is 0. The standard InChI is InChI=1S/C60H67N8O24P3/c1-6-36-11-20-49(86-29-28-85-27-26-84-25-23-61-55(70)38-12-17-43(57(72)73)46(31-38)53-44-18-15-41(66(2)3)32-50(44)88-51-33-42(67(4)5)16-19-45(51)53)47(30-36)65-64-40-13-9-37(10-14-40)21-24-87-60(76)62-22-7-8-39-35-68(59(75)63-56(39)71)52-34-48(69)54(89-52)58(74)90-94(80,81)92-95(82,83)91-93(77,78)79/h9-20,30-33,35,48,52,54,58,69,74H,6,21-29,34H2,1-5H3,(H7-,61,62,63,70,71,72,73,75,76,77,78,79,80,81,82,83)/p+1/t48-,52+,54-,58?/m0/s1. The number of aryl methyl sites for hydroxylation is 1. The molecule has 0 radical (unpaired) electrons. The largest absolute Gasteiger partial charge is 0.490 e. The first-order valence-corrected chi connectivity index (χ1v) is 33.4. The number of alkyl carbamates (subject to hydrolysis) is 1. The summed E-state index contributed by atoms with van der Waals surface area (Å²) in [6.07, 6.45) is -7.15. The van der Waals surface area contributed by atoms with Crippen molar-refractivity contribution in [3.63, 3.8) is 0 Å². The normalized spacial score (nSPS) is 16.3. The lowest BCUT2D eigenvalue weighted by atomic mass is 9.89. The van der Waals surface area contributed by atoms with Crippen molar-refractivity contribution in [1.82, 2.24) is 24.8 Å². The SMILES string of the molecule is CCc1ccc(OCCOCCOCCNC(=O)c2ccc(C(=O)O)c(-c3c4ccc(=[N+](C)C)cc-4oc4cc(N(C)C)ccc34)c2)c(N=Nc2ccc(CCOC(=O)NCC#Cc3cn([C@H]4C[C@H](O)[C@@H](C(O)OP(=O)(O)OP(=O)(O)OP(=O)(O)O)O4)c(=O)[nH]c3=O)cc2)c1. The molecule has 3 aliphatic rings. The molecule has 8 rings (SSSR count). The second-order valence-electron chi connectivity index (χ2n) is 21.2. The number of carbonyl (C=O) groups is 3. The Morgan fingerprint density at radius 1 is 0.832 bits per heavy atom. The lowest BCUT2D eigenvalue weighted by Crippen LogP contribution is -2.36. The highest BCUT2D eigenvalue weighted by Crippen LogP contribution is 2.66. The number of phosphoric ester groups is 1. The number of anilines is 1. The third-order valence-electron chi connectivity index (χ3n) is 14.1. The Morgan fingerprint density at radius 2 is 1.56 bits per heavy atom. The molecule has 6 atom stereocenters. The van der Waals surface area contributed by atoms with Gasteiger partial charge in [0, 0.05) is 79.6 Å². The van der Waals surface area contributed by atoms with E-state index in [1.807, 2.05) is 104 Å². The molecule has 3 unspecified atom stereocenters. The molecule has 2 aliphatic heterocycles. The molecular weight excluding hydrogens is 1310 g/mol. The minimum Gasteiger partial charge on any atom is -0.489 e. The van der Waals surface area contributed by atoms with Crippen LogP contribution in [-0.2, 0) is 58.6 Å². The molecule has 3 heterocycles. The van der Waals surface area contributed by atoms with Gasteiger partial charge in [-0.3, -0.25) is 23.7 Å². The van der Waals surface area contributed by atoms with Gasteiger partial charge in [0.2, 0.25) is 5.36 Å². The van der Waals surface area contributed by atoms with E-state index in [-0.39, 0.29) is 69.4 Å². The number of nitrogens with one attached hydrogen (secondary N) is 3. The molecule has 10 N–H and O–H groups in total. The van der Waals surface area contributed by atoms with Gasteiger partial charge in [0.15, 0.2) is 6.29 Å². The summed E-state index contributed by atoms with van der Waals surface area (Å²) in [5.41, 5.74) is 3.91. The van der Waals surface area contributed by atoms with E-state index < -0.39 is 83.8 Å². The van der Waals surface area contributed by atoms with Gasteiger partial charge in [0.1, 0.15) is 61.4 Å². The molecule has 1 aromatic heterocycles. The molecule has 35 heteroatoms. The van der Waals surface area contributed by atoms with Crippen molar-refractivity contribution in [2.24, 2.45) is 10.2 Å². The van der Waals surface area contributed by atoms with Crippen molar-refractivity contribution in [2.75, 3.05) is 85.8 Å². The molecule has 1 aliphatic carbocycles. The number of H-pyrrole nitrogens is 1. The first-order valence-electron chi connectivity index (χ1n) is 28.9. The second-order valence-corrected chi connectivity index (χ2v) is 25.6. The van der Waals surface area contributed by atoms with Gasteiger partial charge in [-0.25, -0.2) is 32.7 Å². The number of nitrogens with zero attached hydrogens (tertiary/aromatic N) is 5. The molecule has 5 aromatic rings. The molecule has 4 aromatic carbocycles. The number of hydrogen-bond donors (Lipinski definition) is 10. The van der Waals surface area contributed by atoms with E-state index in [9.17, 15) is 62.8 Å². The predicted octanol–water partition coefficient (Wildman–Crippen LogP) is 5.30. The average Bonchev–Trinajstić information content (AvgIpc) is 1.17. The molecule has 32 nitrogen and oxygen atoms in total. The number of hydrogen-bond acceptors (Lipinski definition) is 22. The summed E-state index contributed by atoms with van der Waals surface area (Å²) in [6.45, 7) is 2.93. The molecule has 2 amide bonds. The highest BCUT2D eigenvalue weighted by molar-refractivity contribution is 7.66. The molecular formula is C60H68N8O24P3+. The number of ether oxygens (including phenoxy) is 5. The fourth-order valence-electron chi connectivity index (χ4n) is 9.44. The van der Waals surface area contributed by atoms with Crippen molar-refractivity contribution in [2.45, 2.75) is 50.9 Å². The number of carbonyl (C=O) groups excluding carboxylic acids is 2. The van der Waals surface area contributed by atoms with Crippen molar-refractivity contribution in [3.8, 4) is 40.0 Å². The highest BCUT2D eigenvalue weighted by atomic mass is 31.3. The Kier molecular flexibility index (Phi) is 24.5. The summed E-state index contributed by atoms with van der Waals surface area (Å²) in [4.78, 5) is 104. The van der Waals surface area contributed by atoms with E-state index in [0.29, 0.717) is 57.0 Å². The molecule has 1 saturated heterocycles. The van der Waals surface area contributed by atoms with Crippen molar-refractivity contribution < 1.29 is 104 Å². The van der Waals surface area contributed by atoms with Crippen molar-refractivity contribution in [1.29, 1.82) is 0 Å². The van der Waals surface area contributed by atoms with Crippen LogP contribution in [0.2, 0.25) is 0 Å². The van der Waals surface area contributed by atoms with E-state index in [1.54, 1.807) is 30.3 Å². The summed E-state index contributed by atoms with van der Waals surface area (Å²) in [7, 11) is -9.85. The lowest BCUT2D eigenvalue weighted by Gasteiger charge is -2.23. The summed E-state index contributed by atoms with van der Waals surface area (Å²) < 4.78 is 83.3. The van der Waals surface area contributed by atoms with Gasteiger partial charge in [0.05, 0.1) is 63.0 Å². The Hall–Kier alpha value is -8.57. The topological polar surface area (TPSA) is 441 Å². The number of azo groups is 1. The number of fused-ring (bicyclic) bond motifs is 2. The van der Waals surface area contributed by atoms with E-state index in [2.05, 4.69) is 45.8 Å². The molecule has 0 bridgehead atoms. The van der Waals surface area contributed by atoms with Crippen LogP contribution in [0.3, 0.4) is 0 Å². The maximum absolute atomic E-state index is 13.5. The van der Waals surface area contributed by atoms with E-state index in [4.69, 9.17) is 37.9 Å². The molecule has 1 fully saturated rings. The average molecular weight is 1380 g/mol. The van der Waals surface area contributed by atoms with Gasteiger partial charge >= 0.3 is 41.2 Å². The van der Waals surface area contributed by atoms with Crippen LogP contribution in [0.25, 0.3) is 33.4 Å². The number of aliphatic hydroxyl groups is 2. The fourth-order valence-corrected chi connectivity index (χ4v) is 12.5. The smallest absolute Gasteiger partial charge is 0.489 e. The van der Waals surface area contributed by atoms with Gasteiger partial charge in [-0.15, -0.1) is 5.11 Å². The van der Waals surface area contributed by atoms with Crippen molar-refractivity contribution in [3.05, 3.63) is 157 Å². The third-order valence-corrected chi connectivity index (χ3v) is 17.9. The van der Waals surface area contributed by atoms with Crippen LogP contribution in [0.4, 0.5) is 21.9 Å². The van der Waals surface area contributed by atoms with Crippen LogP contribution in [0.1, 0.15) is 57.0 Å². The molecule has 0 saturated carbocycles. The zero-order valence-corrected chi connectivity index (χ0v) is 54.2. The molecule has 95 heavy (non-hydrogen) atoms. The minimum absolute atomic E-state index is 0.0280. The Labute approximate surface area is 540 Å². The number of phosphoric acid groups is 3. The number of aliphatic hydroxyl groups excluding tert-OH is 2. The number of aromatic nitrogens is 2. The second kappa shape index (κ2) is 32.2. The first-order chi connectivity index (χ1) is 45.1. The highest BCUT2D eigenvalue weighted by Gasteiger charge is 2.47. The van der Waals surface area contributed by atoms with Crippen LogP contribution in [0.5, 0.6) is 5.75 Å². The molecule has 0 spiro atoms. The number of aromatic carboxylic acids is 1. The number of aromatic amines is 1. The summed E-state index contributed by atoms with van der Waals surface area (Å²) in [5.74, 6) is 4.46. The first kappa shape index (κ1) is 72.3. The Bertz CT molecular complexity index is 4370. The zero-order chi connectivity index (χ0) is 68.8. The Balaban J connectivity index is 0.742. The monoisotopic (exact) mass is 1380 g/mol. The maximum atomic E-state index is 13.5. The Morgan fingerprint density at radius 3 is 2.26 bits per heavy atom. The van der Waals surface area contributed by atoms with Crippen molar-refractivity contribution >= 4 is 69.5 Å². The number of rotatable bonds is 29. The van der Waals surface area contributed by atoms with E-state index in [0.717, 1.165) is 39.4 Å². The van der Waals surface area contributed by atoms with Gasteiger partial charge in [-0.2, -0.15) is 13.7 Å². The lowest BCUT2D eigenvalue weighted by molar-refractivity contribution is -0.161. The van der Waals surface area contributed by atoms with Gasteiger partial charge in [-0.05, 0) is 83.8 Å². The quantitative estimate of drug-likeness (QED) is 0.00540. The minimum atomic E-state index is -5.94. The number of carboxylic acid groups (broad SMARTS) is 1. The van der Waals surface area contributed by atoms with E-state index in [1.165, 1.54) is 12.1 Å². The fraction of sp³-hybridized carbons (Fsp3) is 0.333.